The predicted octanol–water partition coefficient (Wildman–Crippen LogP) is 4.99. The maximum Gasteiger partial charge on any atom is 0.253 e. The lowest BCUT2D eigenvalue weighted by atomic mass is 9.79. The Balaban J connectivity index is 1.71. The van der Waals surface area contributed by atoms with Crippen molar-refractivity contribution in [2.75, 3.05) is 0 Å². The summed E-state index contributed by atoms with van der Waals surface area (Å²) in [7, 11) is 0. The number of nitrogens with zero attached hydrogens (tertiary/aromatic N) is 3. The Morgan fingerprint density at radius 2 is 2.00 bits per heavy atom. The van der Waals surface area contributed by atoms with Crippen LogP contribution < -0.4 is 5.32 Å². The van der Waals surface area contributed by atoms with Gasteiger partial charge in [0.25, 0.3) is 5.91 Å². The Bertz CT molecular complexity index is 1020. The normalized spacial score (nSPS) is 25.0. The highest BCUT2D eigenvalue weighted by molar-refractivity contribution is 6.37. The number of aromatic nitrogens is 3. The van der Waals surface area contributed by atoms with Crippen LogP contribution >= 0.6 is 23.2 Å². The van der Waals surface area contributed by atoms with Gasteiger partial charge in [-0.2, -0.15) is 0 Å². The number of halogens is 2. The summed E-state index contributed by atoms with van der Waals surface area (Å²) < 4.78 is 1.80. The van der Waals surface area contributed by atoms with Gasteiger partial charge in [-0.25, -0.2) is 9.97 Å². The van der Waals surface area contributed by atoms with Crippen LogP contribution in [0.5, 0.6) is 0 Å². The number of fused-ring (bicyclic) bond motifs is 1. The molecule has 0 aliphatic heterocycles. The summed E-state index contributed by atoms with van der Waals surface area (Å²) >= 11 is 13.1. The second-order valence-corrected chi connectivity index (χ2v) is 9.25. The zero-order chi connectivity index (χ0) is 19.9. The Morgan fingerprint density at radius 1 is 1.25 bits per heavy atom. The van der Waals surface area contributed by atoms with Gasteiger partial charge in [-0.3, -0.25) is 9.36 Å². The standard InChI is InChI=1S/C21H22Cl2N4O/c1-13-9-14(11-21(2,23)10-13)26-19(28)15-12-27(20-24-7-4-8-25-20)17-6-3-5-16(22)18(15)17/h3-8,12-14H,9-11H2,1-2H3,(H,26,28). The number of carbonyl (C=O) groups is 1. The fourth-order valence-corrected chi connectivity index (χ4v) is 5.07. The first-order valence-corrected chi connectivity index (χ1v) is 10.2. The second kappa shape index (κ2) is 7.37. The predicted molar refractivity (Wildman–Crippen MR) is 112 cm³/mol. The SMILES string of the molecule is CC1CC(NC(=O)c2cn(-c3ncccn3)c3cccc(Cl)c23)CC(C)(Cl)C1. The molecule has 0 saturated heterocycles. The van der Waals surface area contributed by atoms with Gasteiger partial charge in [-0.05, 0) is 50.3 Å². The molecular weight excluding hydrogens is 395 g/mol. The smallest absolute Gasteiger partial charge is 0.253 e. The van der Waals surface area contributed by atoms with Crippen molar-refractivity contribution < 1.29 is 4.79 Å². The first-order chi connectivity index (χ1) is 13.3. The van der Waals surface area contributed by atoms with Crippen molar-refractivity contribution in [1.29, 1.82) is 0 Å². The summed E-state index contributed by atoms with van der Waals surface area (Å²) in [6, 6.07) is 7.34. The maximum absolute atomic E-state index is 13.2. The number of amides is 1. The molecule has 28 heavy (non-hydrogen) atoms. The van der Waals surface area contributed by atoms with Crippen molar-refractivity contribution in [3.63, 3.8) is 0 Å². The molecule has 1 saturated carbocycles. The van der Waals surface area contributed by atoms with Crippen LogP contribution in [0.1, 0.15) is 43.5 Å². The van der Waals surface area contributed by atoms with Gasteiger partial charge >= 0.3 is 0 Å². The Morgan fingerprint density at radius 3 is 2.71 bits per heavy atom. The van der Waals surface area contributed by atoms with E-state index in [4.69, 9.17) is 23.2 Å². The van der Waals surface area contributed by atoms with E-state index in [1.807, 2.05) is 19.1 Å². The number of nitrogens with one attached hydrogen (secondary N) is 1. The molecule has 1 aliphatic carbocycles. The monoisotopic (exact) mass is 416 g/mol. The molecule has 146 valence electrons. The number of carbonyl (C=O) groups excluding carboxylic acids is 1. The minimum absolute atomic E-state index is 0.0348. The lowest BCUT2D eigenvalue weighted by Crippen LogP contribution is -2.44. The molecule has 0 radical (unpaired) electrons. The van der Waals surface area contributed by atoms with E-state index in [1.54, 1.807) is 35.3 Å². The lowest BCUT2D eigenvalue weighted by molar-refractivity contribution is 0.0917. The third-order valence-electron chi connectivity index (χ3n) is 5.26. The zero-order valence-corrected chi connectivity index (χ0v) is 17.3. The Labute approximate surface area is 174 Å². The van der Waals surface area contributed by atoms with E-state index in [-0.39, 0.29) is 16.8 Å². The summed E-state index contributed by atoms with van der Waals surface area (Å²) in [5, 5.41) is 4.39. The fourth-order valence-electron chi connectivity index (χ4n) is 4.35. The van der Waals surface area contributed by atoms with Crippen LogP contribution in [0.4, 0.5) is 0 Å². The minimum Gasteiger partial charge on any atom is -0.349 e. The van der Waals surface area contributed by atoms with Gasteiger partial charge in [0.2, 0.25) is 5.95 Å². The largest absolute Gasteiger partial charge is 0.349 e. The van der Waals surface area contributed by atoms with E-state index in [0.717, 1.165) is 24.8 Å². The topological polar surface area (TPSA) is 59.8 Å². The zero-order valence-electron chi connectivity index (χ0n) is 15.8. The number of hydrogen-bond acceptors (Lipinski definition) is 3. The molecule has 0 bridgehead atoms. The number of benzene rings is 1. The number of rotatable bonds is 3. The van der Waals surface area contributed by atoms with Gasteiger partial charge in [0.15, 0.2) is 0 Å². The molecule has 1 N–H and O–H groups in total. The summed E-state index contributed by atoms with van der Waals surface area (Å²) in [6.45, 7) is 4.22. The quantitative estimate of drug-likeness (QED) is 0.611. The molecular formula is C21H22Cl2N4O. The third kappa shape index (κ3) is 3.74. The Hall–Kier alpha value is -2.11. The van der Waals surface area contributed by atoms with Crippen molar-refractivity contribution in [2.24, 2.45) is 5.92 Å². The van der Waals surface area contributed by atoms with Crippen LogP contribution in [0.15, 0.2) is 42.9 Å². The second-order valence-electron chi connectivity index (χ2n) is 7.93. The average molecular weight is 417 g/mol. The molecule has 1 fully saturated rings. The molecule has 3 unspecified atom stereocenters. The molecule has 2 heterocycles. The minimum atomic E-state index is -0.293. The van der Waals surface area contributed by atoms with Crippen LogP contribution in [0, 0.1) is 5.92 Å². The fraction of sp³-hybridized carbons (Fsp3) is 0.381. The van der Waals surface area contributed by atoms with E-state index >= 15 is 0 Å². The summed E-state index contributed by atoms with van der Waals surface area (Å²) in [6.07, 6.45) is 7.72. The molecule has 2 aromatic heterocycles. The van der Waals surface area contributed by atoms with Crippen LogP contribution in [-0.4, -0.2) is 31.4 Å². The van der Waals surface area contributed by atoms with Gasteiger partial charge < -0.3 is 5.32 Å². The molecule has 7 heteroatoms. The van der Waals surface area contributed by atoms with Crippen molar-refractivity contribution >= 4 is 40.0 Å². The van der Waals surface area contributed by atoms with Crippen molar-refractivity contribution in [3.8, 4) is 5.95 Å². The van der Waals surface area contributed by atoms with Crippen molar-refractivity contribution in [1.82, 2.24) is 19.9 Å². The highest BCUT2D eigenvalue weighted by atomic mass is 35.5. The maximum atomic E-state index is 13.2. The number of hydrogen-bond donors (Lipinski definition) is 1. The van der Waals surface area contributed by atoms with Crippen molar-refractivity contribution in [3.05, 3.63) is 53.4 Å². The molecule has 5 nitrogen and oxygen atoms in total. The molecule has 1 aliphatic rings. The first-order valence-electron chi connectivity index (χ1n) is 9.41. The van der Waals surface area contributed by atoms with Crippen LogP contribution in [0.2, 0.25) is 5.02 Å². The van der Waals surface area contributed by atoms with Crippen LogP contribution in [0.3, 0.4) is 0 Å². The van der Waals surface area contributed by atoms with E-state index < -0.39 is 0 Å². The first kappa shape index (κ1) is 19.2. The summed E-state index contributed by atoms with van der Waals surface area (Å²) in [5.74, 6) is 0.803. The van der Waals surface area contributed by atoms with E-state index in [2.05, 4.69) is 22.2 Å². The molecule has 3 atom stereocenters. The molecule has 0 spiro atoms. The van der Waals surface area contributed by atoms with E-state index in [0.29, 0.717) is 27.8 Å². The van der Waals surface area contributed by atoms with Crippen LogP contribution in [-0.2, 0) is 0 Å². The van der Waals surface area contributed by atoms with E-state index in [9.17, 15) is 4.79 Å². The van der Waals surface area contributed by atoms with Gasteiger partial charge in [0, 0.05) is 34.9 Å². The van der Waals surface area contributed by atoms with Gasteiger partial charge in [0.1, 0.15) is 0 Å². The van der Waals surface area contributed by atoms with E-state index in [1.165, 1.54) is 0 Å². The van der Waals surface area contributed by atoms with Gasteiger partial charge in [-0.15, -0.1) is 11.6 Å². The molecule has 4 rings (SSSR count). The average Bonchev–Trinajstić information content (AvgIpc) is 3.02. The Kier molecular flexibility index (Phi) is 5.06. The molecule has 1 amide bonds. The highest BCUT2D eigenvalue weighted by Gasteiger charge is 2.35. The van der Waals surface area contributed by atoms with Gasteiger partial charge in [0.05, 0.1) is 16.1 Å². The van der Waals surface area contributed by atoms with Gasteiger partial charge in [-0.1, -0.05) is 24.6 Å². The third-order valence-corrected chi connectivity index (χ3v) is 5.88. The lowest BCUT2D eigenvalue weighted by Gasteiger charge is -2.37. The highest BCUT2D eigenvalue weighted by Crippen LogP contribution is 2.37. The summed E-state index contributed by atoms with van der Waals surface area (Å²) in [5.41, 5.74) is 1.31. The molecule has 3 aromatic rings. The number of alkyl halides is 1. The van der Waals surface area contributed by atoms with Crippen molar-refractivity contribution in [2.45, 2.75) is 44.0 Å². The molecule has 1 aromatic carbocycles. The summed E-state index contributed by atoms with van der Waals surface area (Å²) in [4.78, 5) is 21.5. The van der Waals surface area contributed by atoms with Crippen LogP contribution in [0.25, 0.3) is 16.9 Å².